The van der Waals surface area contributed by atoms with Gasteiger partial charge >= 0.3 is 5.97 Å². The van der Waals surface area contributed by atoms with Crippen LogP contribution in [0.3, 0.4) is 0 Å². The van der Waals surface area contributed by atoms with Gasteiger partial charge in [-0.2, -0.15) is 0 Å². The van der Waals surface area contributed by atoms with Crippen LogP contribution in [0.15, 0.2) is 36.5 Å². The van der Waals surface area contributed by atoms with Crippen molar-refractivity contribution in [2.75, 3.05) is 13.2 Å². The first-order valence-electron chi connectivity index (χ1n) is 28.7. The standard InChI is InChI=1S/C59H111NO5/c1-3-5-7-9-11-13-15-16-17-23-27-30-33-37-41-45-49-53-59(64)65-54-50-46-42-38-34-31-28-25-22-20-18-19-21-24-26-29-32-36-40-44-48-52-58(63)60-56(55-61)57(62)51-47-43-39-35-14-12-10-8-6-4-2/h11,13,16-17,19,21,56-57,61-62H,3-10,12,14-15,18,20,22-55H2,1-2H3,(H,60,63)/b13-11-,17-16-,21-19-. The number of unbranched alkanes of at least 4 members (excludes halogenated alkanes) is 36. The van der Waals surface area contributed by atoms with Crippen LogP contribution in [0, 0.1) is 0 Å². The van der Waals surface area contributed by atoms with Gasteiger partial charge in [0.25, 0.3) is 0 Å². The molecule has 0 aliphatic carbocycles. The maximum absolute atomic E-state index is 12.4. The van der Waals surface area contributed by atoms with E-state index in [2.05, 4.69) is 55.6 Å². The Kier molecular flexibility index (Phi) is 53.1. The number of amides is 1. The number of carbonyl (C=O) groups excluding carboxylic acids is 2. The average Bonchev–Trinajstić information content (AvgIpc) is 3.31. The molecule has 0 saturated heterocycles. The highest BCUT2D eigenvalue weighted by atomic mass is 16.5. The second-order valence-corrected chi connectivity index (χ2v) is 19.6. The molecule has 0 spiro atoms. The van der Waals surface area contributed by atoms with Gasteiger partial charge in [0, 0.05) is 12.8 Å². The van der Waals surface area contributed by atoms with Gasteiger partial charge in [-0.1, -0.05) is 243 Å². The Bertz CT molecular complexity index is 1060. The first-order valence-corrected chi connectivity index (χ1v) is 28.7. The quantitative estimate of drug-likeness (QED) is 0.0321. The van der Waals surface area contributed by atoms with E-state index in [1.54, 1.807) is 0 Å². The lowest BCUT2D eigenvalue weighted by atomic mass is 10.0. The van der Waals surface area contributed by atoms with E-state index in [0.717, 1.165) is 51.4 Å². The van der Waals surface area contributed by atoms with Gasteiger partial charge in [0.2, 0.25) is 5.91 Å². The topological polar surface area (TPSA) is 95.9 Å². The molecular weight excluding hydrogens is 803 g/mol. The van der Waals surface area contributed by atoms with E-state index in [1.165, 1.54) is 218 Å². The van der Waals surface area contributed by atoms with E-state index >= 15 is 0 Å². The van der Waals surface area contributed by atoms with Crippen LogP contribution in [-0.4, -0.2) is 47.4 Å². The van der Waals surface area contributed by atoms with Gasteiger partial charge in [-0.05, 0) is 83.5 Å². The summed E-state index contributed by atoms with van der Waals surface area (Å²) in [5.41, 5.74) is 0. The van der Waals surface area contributed by atoms with Gasteiger partial charge < -0.3 is 20.3 Å². The Hall–Kier alpha value is -1.92. The molecule has 6 nitrogen and oxygen atoms in total. The number of rotatable bonds is 53. The monoisotopic (exact) mass is 914 g/mol. The Morgan fingerprint density at radius 1 is 0.431 bits per heavy atom. The van der Waals surface area contributed by atoms with Crippen LogP contribution < -0.4 is 5.32 Å². The van der Waals surface area contributed by atoms with Crippen molar-refractivity contribution in [3.63, 3.8) is 0 Å². The second kappa shape index (κ2) is 54.7. The van der Waals surface area contributed by atoms with E-state index in [4.69, 9.17) is 4.74 Å². The summed E-state index contributed by atoms with van der Waals surface area (Å²) in [5.74, 6) is -0.0446. The molecule has 3 N–H and O–H groups in total. The Morgan fingerprint density at radius 2 is 0.769 bits per heavy atom. The number of esters is 1. The van der Waals surface area contributed by atoms with Gasteiger partial charge in [-0.25, -0.2) is 0 Å². The number of ether oxygens (including phenoxy) is 1. The summed E-state index contributed by atoms with van der Waals surface area (Å²) >= 11 is 0. The molecule has 0 saturated carbocycles. The van der Waals surface area contributed by atoms with Crippen LogP contribution in [0.1, 0.15) is 303 Å². The van der Waals surface area contributed by atoms with Crippen molar-refractivity contribution in [2.24, 2.45) is 0 Å². The van der Waals surface area contributed by atoms with Gasteiger partial charge in [-0.3, -0.25) is 9.59 Å². The predicted molar refractivity (Wildman–Crippen MR) is 283 cm³/mol. The predicted octanol–water partition coefficient (Wildman–Crippen LogP) is 17.6. The van der Waals surface area contributed by atoms with Crippen molar-refractivity contribution >= 4 is 11.9 Å². The molecule has 0 aliphatic rings. The van der Waals surface area contributed by atoms with Crippen molar-refractivity contribution in [3.05, 3.63) is 36.5 Å². The highest BCUT2D eigenvalue weighted by Crippen LogP contribution is 2.16. The van der Waals surface area contributed by atoms with Crippen LogP contribution in [0.4, 0.5) is 0 Å². The molecule has 0 aliphatic heterocycles. The van der Waals surface area contributed by atoms with E-state index in [1.807, 2.05) is 0 Å². The maximum atomic E-state index is 12.4. The first-order chi connectivity index (χ1) is 32.0. The summed E-state index contributed by atoms with van der Waals surface area (Å²) in [4.78, 5) is 24.5. The van der Waals surface area contributed by atoms with Crippen molar-refractivity contribution in [1.82, 2.24) is 5.32 Å². The second-order valence-electron chi connectivity index (χ2n) is 19.6. The summed E-state index contributed by atoms with van der Waals surface area (Å²) in [5, 5.41) is 23.1. The van der Waals surface area contributed by atoms with Crippen molar-refractivity contribution in [1.29, 1.82) is 0 Å². The zero-order valence-corrected chi connectivity index (χ0v) is 43.5. The first kappa shape index (κ1) is 63.1. The fourth-order valence-electron chi connectivity index (χ4n) is 8.72. The molecule has 0 fully saturated rings. The third-order valence-corrected chi connectivity index (χ3v) is 13.2. The molecule has 0 bridgehead atoms. The molecule has 0 rings (SSSR count). The summed E-state index contributed by atoms with van der Waals surface area (Å²) in [7, 11) is 0. The smallest absolute Gasteiger partial charge is 0.305 e. The molecule has 382 valence electrons. The highest BCUT2D eigenvalue weighted by molar-refractivity contribution is 5.76. The van der Waals surface area contributed by atoms with Crippen molar-refractivity contribution in [3.8, 4) is 0 Å². The Labute approximate surface area is 404 Å². The molecular formula is C59H111NO5. The number of carbonyl (C=O) groups is 2. The molecule has 0 heterocycles. The lowest BCUT2D eigenvalue weighted by Crippen LogP contribution is -2.45. The minimum Gasteiger partial charge on any atom is -0.466 e. The van der Waals surface area contributed by atoms with Gasteiger partial charge in [0.05, 0.1) is 25.4 Å². The number of aliphatic hydroxyl groups is 2. The molecule has 1 amide bonds. The minimum absolute atomic E-state index is 0.000112. The van der Waals surface area contributed by atoms with Gasteiger partial charge in [0.15, 0.2) is 0 Å². The van der Waals surface area contributed by atoms with Crippen LogP contribution in [-0.2, 0) is 14.3 Å². The largest absolute Gasteiger partial charge is 0.466 e. The van der Waals surface area contributed by atoms with E-state index in [-0.39, 0.29) is 18.5 Å². The van der Waals surface area contributed by atoms with Crippen LogP contribution in [0.2, 0.25) is 0 Å². The van der Waals surface area contributed by atoms with E-state index < -0.39 is 12.1 Å². The van der Waals surface area contributed by atoms with Gasteiger partial charge in [-0.15, -0.1) is 0 Å². The summed E-state index contributed by atoms with van der Waals surface area (Å²) in [6, 6.07) is -0.546. The van der Waals surface area contributed by atoms with Crippen LogP contribution >= 0.6 is 0 Å². The van der Waals surface area contributed by atoms with Gasteiger partial charge in [0.1, 0.15) is 0 Å². The molecule has 0 aromatic rings. The average molecular weight is 915 g/mol. The molecule has 0 radical (unpaired) electrons. The maximum Gasteiger partial charge on any atom is 0.305 e. The van der Waals surface area contributed by atoms with Crippen LogP contribution in [0.5, 0.6) is 0 Å². The summed E-state index contributed by atoms with van der Waals surface area (Å²) < 4.78 is 5.48. The molecule has 0 aromatic carbocycles. The normalized spacial score (nSPS) is 12.9. The lowest BCUT2D eigenvalue weighted by molar-refractivity contribution is -0.143. The fraction of sp³-hybridized carbons (Fsp3) is 0.864. The molecule has 2 unspecified atom stereocenters. The van der Waals surface area contributed by atoms with E-state index in [0.29, 0.717) is 25.9 Å². The molecule has 0 aromatic heterocycles. The summed E-state index contributed by atoms with van der Waals surface area (Å²) in [6.45, 7) is 4.90. The lowest BCUT2D eigenvalue weighted by Gasteiger charge is -2.22. The Balaban J connectivity index is 3.40. The van der Waals surface area contributed by atoms with Crippen LogP contribution in [0.25, 0.3) is 0 Å². The van der Waals surface area contributed by atoms with Crippen molar-refractivity contribution < 1.29 is 24.5 Å². The number of nitrogens with one attached hydrogen (secondary N) is 1. The highest BCUT2D eigenvalue weighted by Gasteiger charge is 2.20. The zero-order chi connectivity index (χ0) is 47.2. The SMILES string of the molecule is CCCCC/C=C\C/C=C\CCCCCCCCCC(=O)OCCCCCCCCCCCC/C=C\CCCCCCCCCC(=O)NC(CO)C(O)CCCCCCCCCCCC. The number of aliphatic hydroxyl groups excluding tert-OH is 2. The number of allylic oxidation sites excluding steroid dienone is 6. The number of hydrogen-bond acceptors (Lipinski definition) is 5. The number of hydrogen-bond donors (Lipinski definition) is 3. The molecule has 65 heavy (non-hydrogen) atoms. The third-order valence-electron chi connectivity index (χ3n) is 13.2. The molecule has 2 atom stereocenters. The fourth-order valence-corrected chi connectivity index (χ4v) is 8.72. The minimum atomic E-state index is -0.667. The molecule has 6 heteroatoms. The van der Waals surface area contributed by atoms with Crippen molar-refractivity contribution in [2.45, 2.75) is 315 Å². The zero-order valence-electron chi connectivity index (χ0n) is 43.5. The Morgan fingerprint density at radius 3 is 1.22 bits per heavy atom. The third kappa shape index (κ3) is 51.3. The van der Waals surface area contributed by atoms with E-state index in [9.17, 15) is 19.8 Å². The summed E-state index contributed by atoms with van der Waals surface area (Å²) in [6.07, 6.45) is 67.1.